The van der Waals surface area contributed by atoms with E-state index < -0.39 is 6.61 Å². The first kappa shape index (κ1) is 21.5. The Morgan fingerprint density at radius 1 is 1.17 bits per heavy atom. The molecule has 0 unspecified atom stereocenters. The van der Waals surface area contributed by atoms with Crippen molar-refractivity contribution in [2.45, 2.75) is 13.2 Å². The average Bonchev–Trinajstić information content (AvgIpc) is 2.68. The second-order valence-corrected chi connectivity index (χ2v) is 7.36. The fraction of sp³-hybridized carbons (Fsp3) is 0.368. The number of benzene rings is 1. The number of hydrogen-bond acceptors (Lipinski definition) is 5. The van der Waals surface area contributed by atoms with Crippen LogP contribution in [0.15, 0.2) is 36.5 Å². The van der Waals surface area contributed by atoms with Gasteiger partial charge in [-0.25, -0.2) is 4.98 Å². The van der Waals surface area contributed by atoms with E-state index in [0.29, 0.717) is 48.6 Å². The average molecular weight is 445 g/mol. The number of alkyl halides is 2. The SMILES string of the molecule is O=C(CN1CCN(c2ncc(Cl)cc2Cl)CC1)NCc1ccc(OC(F)F)cc1. The summed E-state index contributed by atoms with van der Waals surface area (Å²) in [6, 6.07) is 7.84. The van der Waals surface area contributed by atoms with Crippen LogP contribution >= 0.6 is 23.2 Å². The zero-order valence-corrected chi connectivity index (χ0v) is 17.0. The van der Waals surface area contributed by atoms with Crippen LogP contribution in [0.5, 0.6) is 5.75 Å². The van der Waals surface area contributed by atoms with Gasteiger partial charge < -0.3 is 15.0 Å². The minimum absolute atomic E-state index is 0.0863. The highest BCUT2D eigenvalue weighted by Gasteiger charge is 2.21. The lowest BCUT2D eigenvalue weighted by Crippen LogP contribution is -2.49. The summed E-state index contributed by atoms with van der Waals surface area (Å²) < 4.78 is 28.6. The van der Waals surface area contributed by atoms with Gasteiger partial charge in [-0.15, -0.1) is 0 Å². The molecule has 1 aliphatic rings. The Balaban J connectivity index is 1.41. The smallest absolute Gasteiger partial charge is 0.387 e. The molecule has 0 saturated carbocycles. The molecule has 156 valence electrons. The molecule has 6 nitrogen and oxygen atoms in total. The van der Waals surface area contributed by atoms with Crippen LogP contribution in [-0.4, -0.2) is 55.1 Å². The van der Waals surface area contributed by atoms with Crippen molar-refractivity contribution in [2.75, 3.05) is 37.6 Å². The van der Waals surface area contributed by atoms with Gasteiger partial charge in [0.1, 0.15) is 11.6 Å². The van der Waals surface area contributed by atoms with Gasteiger partial charge in [0.2, 0.25) is 5.91 Å². The van der Waals surface area contributed by atoms with E-state index in [4.69, 9.17) is 23.2 Å². The summed E-state index contributed by atoms with van der Waals surface area (Å²) in [6.45, 7) is 0.551. The first-order chi connectivity index (χ1) is 13.9. The van der Waals surface area contributed by atoms with Crippen LogP contribution in [-0.2, 0) is 11.3 Å². The molecule has 0 bridgehead atoms. The Morgan fingerprint density at radius 2 is 1.86 bits per heavy atom. The quantitative estimate of drug-likeness (QED) is 0.708. The van der Waals surface area contributed by atoms with Gasteiger partial charge in [-0.2, -0.15) is 8.78 Å². The van der Waals surface area contributed by atoms with E-state index in [1.165, 1.54) is 12.1 Å². The van der Waals surface area contributed by atoms with E-state index in [1.807, 2.05) is 0 Å². The van der Waals surface area contributed by atoms with E-state index in [1.54, 1.807) is 24.4 Å². The molecule has 1 N–H and O–H groups in total. The van der Waals surface area contributed by atoms with Gasteiger partial charge in [0.05, 0.1) is 16.6 Å². The van der Waals surface area contributed by atoms with Crippen molar-refractivity contribution in [3.63, 3.8) is 0 Å². The number of halogens is 4. The van der Waals surface area contributed by atoms with E-state index in [0.717, 1.165) is 5.56 Å². The number of amides is 1. The molecule has 1 amide bonds. The topological polar surface area (TPSA) is 57.7 Å². The third kappa shape index (κ3) is 6.42. The molecule has 0 atom stereocenters. The standard InChI is InChI=1S/C19H20Cl2F2N4O2/c20-14-9-16(21)18(25-11-14)27-7-5-26(6-8-27)12-17(28)24-10-13-1-3-15(4-2-13)29-19(22)23/h1-4,9,11,19H,5-8,10,12H2,(H,24,28). The third-order valence-electron chi connectivity index (χ3n) is 4.47. The number of nitrogens with one attached hydrogen (secondary N) is 1. The Bertz CT molecular complexity index is 831. The van der Waals surface area contributed by atoms with Crippen molar-refractivity contribution in [1.82, 2.24) is 15.2 Å². The number of pyridine rings is 1. The first-order valence-corrected chi connectivity index (χ1v) is 9.75. The molecule has 1 fully saturated rings. The molecule has 1 aromatic heterocycles. The van der Waals surface area contributed by atoms with E-state index in [2.05, 4.69) is 24.8 Å². The fourth-order valence-corrected chi connectivity index (χ4v) is 3.51. The molecule has 1 aliphatic heterocycles. The summed E-state index contributed by atoms with van der Waals surface area (Å²) in [6.07, 6.45) is 1.56. The maximum absolute atomic E-state index is 12.2. The lowest BCUT2D eigenvalue weighted by molar-refractivity contribution is -0.122. The minimum atomic E-state index is -2.85. The number of rotatable bonds is 7. The van der Waals surface area contributed by atoms with Crippen LogP contribution in [0.1, 0.15) is 5.56 Å². The van der Waals surface area contributed by atoms with E-state index in [9.17, 15) is 13.6 Å². The molecule has 29 heavy (non-hydrogen) atoms. The van der Waals surface area contributed by atoms with Crippen molar-refractivity contribution in [2.24, 2.45) is 0 Å². The lowest BCUT2D eigenvalue weighted by atomic mass is 10.2. The van der Waals surface area contributed by atoms with Crippen LogP contribution in [0.25, 0.3) is 0 Å². The predicted octanol–water partition coefficient (Wildman–Crippen LogP) is 3.43. The second kappa shape index (κ2) is 10.0. The zero-order chi connectivity index (χ0) is 20.8. The molecule has 2 aromatic rings. The number of hydrogen-bond donors (Lipinski definition) is 1. The molecule has 0 aliphatic carbocycles. The van der Waals surface area contributed by atoms with E-state index in [-0.39, 0.29) is 18.2 Å². The summed E-state index contributed by atoms with van der Waals surface area (Å²) in [7, 11) is 0. The van der Waals surface area contributed by atoms with Crippen molar-refractivity contribution >= 4 is 34.9 Å². The fourth-order valence-electron chi connectivity index (χ4n) is 3.01. The van der Waals surface area contributed by atoms with Crippen molar-refractivity contribution in [3.05, 3.63) is 52.1 Å². The number of carbonyl (C=O) groups excluding carboxylic acids is 1. The molecule has 2 heterocycles. The van der Waals surface area contributed by atoms with Gasteiger partial charge in [0, 0.05) is 38.9 Å². The Hall–Kier alpha value is -2.16. The lowest BCUT2D eigenvalue weighted by Gasteiger charge is -2.35. The third-order valence-corrected chi connectivity index (χ3v) is 4.95. The number of ether oxygens (including phenoxy) is 1. The zero-order valence-electron chi connectivity index (χ0n) is 15.5. The van der Waals surface area contributed by atoms with Gasteiger partial charge in [-0.05, 0) is 23.8 Å². The minimum Gasteiger partial charge on any atom is -0.435 e. The van der Waals surface area contributed by atoms with Gasteiger partial charge in [-0.1, -0.05) is 35.3 Å². The van der Waals surface area contributed by atoms with Gasteiger partial charge in [-0.3, -0.25) is 9.69 Å². The number of aromatic nitrogens is 1. The Labute approximate surface area is 177 Å². The summed E-state index contributed by atoms with van der Waals surface area (Å²) in [5, 5.41) is 3.83. The first-order valence-electron chi connectivity index (χ1n) is 8.99. The summed E-state index contributed by atoms with van der Waals surface area (Å²) in [5.41, 5.74) is 0.799. The molecular formula is C19H20Cl2F2N4O2. The van der Waals surface area contributed by atoms with Crippen LogP contribution in [0.2, 0.25) is 10.0 Å². The summed E-state index contributed by atoms with van der Waals surface area (Å²) in [4.78, 5) is 20.6. The van der Waals surface area contributed by atoms with Gasteiger partial charge in [0.25, 0.3) is 0 Å². The van der Waals surface area contributed by atoms with Crippen molar-refractivity contribution in [3.8, 4) is 5.75 Å². The highest BCUT2D eigenvalue weighted by molar-refractivity contribution is 6.36. The maximum atomic E-state index is 12.2. The number of anilines is 1. The molecular weight excluding hydrogens is 425 g/mol. The Morgan fingerprint density at radius 3 is 2.48 bits per heavy atom. The molecule has 1 saturated heterocycles. The monoisotopic (exact) mass is 444 g/mol. The summed E-state index contributed by atoms with van der Waals surface area (Å²) >= 11 is 12.1. The molecule has 10 heteroatoms. The highest BCUT2D eigenvalue weighted by Crippen LogP contribution is 2.26. The highest BCUT2D eigenvalue weighted by atomic mass is 35.5. The predicted molar refractivity (Wildman–Crippen MR) is 108 cm³/mol. The second-order valence-electron chi connectivity index (χ2n) is 6.52. The molecule has 0 radical (unpaired) electrons. The van der Waals surface area contributed by atoms with E-state index >= 15 is 0 Å². The maximum Gasteiger partial charge on any atom is 0.387 e. The summed E-state index contributed by atoms with van der Waals surface area (Å²) in [5.74, 6) is 0.677. The molecule has 1 aromatic carbocycles. The molecule has 0 spiro atoms. The number of carbonyl (C=O) groups is 1. The van der Waals surface area contributed by atoms with Crippen LogP contribution in [0, 0.1) is 0 Å². The van der Waals surface area contributed by atoms with Crippen LogP contribution in [0.3, 0.4) is 0 Å². The number of nitrogens with zero attached hydrogens (tertiary/aromatic N) is 3. The largest absolute Gasteiger partial charge is 0.435 e. The normalized spacial score (nSPS) is 14.9. The van der Waals surface area contributed by atoms with Crippen LogP contribution in [0.4, 0.5) is 14.6 Å². The van der Waals surface area contributed by atoms with Crippen molar-refractivity contribution in [1.29, 1.82) is 0 Å². The van der Waals surface area contributed by atoms with Crippen LogP contribution < -0.4 is 15.0 Å². The van der Waals surface area contributed by atoms with Crippen molar-refractivity contribution < 1.29 is 18.3 Å². The van der Waals surface area contributed by atoms with Gasteiger partial charge in [0.15, 0.2) is 0 Å². The molecule has 3 rings (SSSR count). The number of piperazine rings is 1. The van der Waals surface area contributed by atoms with Gasteiger partial charge >= 0.3 is 6.61 Å². The Kier molecular flexibility index (Phi) is 7.46.